The van der Waals surface area contributed by atoms with Crippen LogP contribution in [0.5, 0.6) is 0 Å². The smallest absolute Gasteiger partial charge is 0.396 e. The second-order valence-electron chi connectivity index (χ2n) is 7.67. The molecule has 9 atom stereocenters. The van der Waals surface area contributed by atoms with Gasteiger partial charge in [0.05, 0.1) is 0 Å². The van der Waals surface area contributed by atoms with E-state index in [0.717, 1.165) is 0 Å². The normalized spacial score (nSPS) is 52.8. The summed E-state index contributed by atoms with van der Waals surface area (Å²) in [4.78, 5) is 0. The van der Waals surface area contributed by atoms with Gasteiger partial charge in [0.15, 0.2) is 0 Å². The number of hydrogen-bond donors (Lipinski definition) is 3. The first-order valence-corrected chi connectivity index (χ1v) is 9.10. The second-order valence-corrected chi connectivity index (χ2v) is 7.67. The zero-order valence-electron chi connectivity index (χ0n) is 15.5. The van der Waals surface area contributed by atoms with Gasteiger partial charge >= 0.3 is 7.32 Å². The van der Waals surface area contributed by atoms with Crippen LogP contribution in [-0.4, -0.2) is 95.5 Å². The summed E-state index contributed by atoms with van der Waals surface area (Å²) < 4.78 is 139. The minimum atomic E-state index is -4.11. The van der Waals surface area contributed by atoms with Gasteiger partial charge in [-0.2, -0.15) is 0 Å². The molecule has 0 radical (unpaired) electrons. The van der Waals surface area contributed by atoms with E-state index < -0.39 is 99.5 Å². The Morgan fingerprint density at radius 2 is 0.774 bits per heavy atom. The lowest BCUT2D eigenvalue weighted by Gasteiger charge is -2.22. The lowest BCUT2D eigenvalue weighted by molar-refractivity contribution is -0.150. The fourth-order valence-electron chi connectivity index (χ4n) is 3.52. The first-order valence-electron chi connectivity index (χ1n) is 9.10. The summed E-state index contributed by atoms with van der Waals surface area (Å²) in [5.74, 6) is -12.3. The first kappa shape index (κ1) is 24.8. The zero-order chi connectivity index (χ0) is 23.7. The Hall–Kier alpha value is -0.805. The maximum absolute atomic E-state index is 14.5. The topological polar surface area (TPSA) is 88.4 Å². The van der Waals surface area contributed by atoms with E-state index >= 15 is 0 Å². The molecule has 3 aliphatic rings. The molecule has 0 aromatic rings. The van der Waals surface area contributed by atoms with Crippen LogP contribution in [0.4, 0.5) is 39.5 Å². The van der Waals surface area contributed by atoms with Crippen molar-refractivity contribution in [3.8, 4) is 0 Å². The molecule has 3 N–H and O–H groups in total. The molecule has 0 amide bonds. The van der Waals surface area contributed by atoms with Gasteiger partial charge < -0.3 is 29.3 Å². The highest BCUT2D eigenvalue weighted by Gasteiger charge is 2.90. The van der Waals surface area contributed by atoms with Gasteiger partial charge in [0.25, 0.3) is 17.6 Å². The Labute approximate surface area is 169 Å². The molecule has 0 aliphatic heterocycles. The van der Waals surface area contributed by atoms with Crippen LogP contribution in [-0.2, 0) is 14.0 Å². The molecule has 0 bridgehead atoms. The number of halogens is 9. The van der Waals surface area contributed by atoms with Gasteiger partial charge in [-0.15, -0.1) is 0 Å². The lowest BCUT2D eigenvalue weighted by atomic mass is 10.1. The fraction of sp³-hybridized carbons (Fsp3) is 1.00. The molecule has 0 aromatic carbocycles. The highest BCUT2D eigenvalue weighted by Crippen LogP contribution is 2.65. The van der Waals surface area contributed by atoms with E-state index in [2.05, 4.69) is 14.0 Å². The molecule has 180 valence electrons. The molecule has 0 saturated heterocycles. The Balaban J connectivity index is 1.83. The zero-order valence-corrected chi connectivity index (χ0v) is 15.5. The van der Waals surface area contributed by atoms with Gasteiger partial charge in [0, 0.05) is 39.1 Å². The molecule has 31 heavy (non-hydrogen) atoms. The van der Waals surface area contributed by atoms with Crippen molar-refractivity contribution in [2.75, 3.05) is 19.8 Å². The maximum atomic E-state index is 14.5. The number of alkyl halides is 9. The highest BCUT2D eigenvalue weighted by atomic mass is 19.2. The van der Waals surface area contributed by atoms with Crippen LogP contribution in [0.1, 0.15) is 19.3 Å². The van der Waals surface area contributed by atoms with Crippen molar-refractivity contribution in [2.45, 2.75) is 72.3 Å². The molecule has 3 saturated carbocycles. The molecule has 16 heteroatoms. The van der Waals surface area contributed by atoms with Crippen molar-refractivity contribution in [2.24, 2.45) is 0 Å². The van der Waals surface area contributed by atoms with Gasteiger partial charge in [-0.05, 0) is 0 Å². The average Bonchev–Trinajstić information content (AvgIpc) is 3.42. The summed E-state index contributed by atoms with van der Waals surface area (Å²) in [7, 11) is -3.42. The standard InChI is InChI=1S/C15H18BF9O6/c17-7-10(20,1-4-26)13(7,23)29-16(30-14(24)8(18)11(14,21)2-5-27)31-15(25)9(19)12(15,22)3-6-28/h7-9,26-28H,1-6H2/t7?,8?,9?,10-,11-,12-,13+,14+,15+/m0/s1. The van der Waals surface area contributed by atoms with Gasteiger partial charge in [-0.3, -0.25) is 0 Å². The van der Waals surface area contributed by atoms with Crippen LogP contribution < -0.4 is 0 Å². The van der Waals surface area contributed by atoms with E-state index in [0.29, 0.717) is 0 Å². The van der Waals surface area contributed by atoms with E-state index in [1.165, 1.54) is 0 Å². The summed E-state index contributed by atoms with van der Waals surface area (Å²) >= 11 is 0. The molecule has 6 nitrogen and oxygen atoms in total. The predicted octanol–water partition coefficient (Wildman–Crippen LogP) is 1.35. The van der Waals surface area contributed by atoms with E-state index in [1.54, 1.807) is 0 Å². The van der Waals surface area contributed by atoms with E-state index in [1.807, 2.05) is 0 Å². The predicted molar refractivity (Wildman–Crippen MR) is 81.8 cm³/mol. The van der Waals surface area contributed by atoms with Crippen molar-refractivity contribution in [3.05, 3.63) is 0 Å². The third kappa shape index (κ3) is 3.12. The largest absolute Gasteiger partial charge is 0.646 e. The summed E-state index contributed by atoms with van der Waals surface area (Å²) in [5.41, 5.74) is -10.8. The second kappa shape index (κ2) is 7.35. The summed E-state index contributed by atoms with van der Waals surface area (Å²) in [6, 6.07) is 0. The maximum Gasteiger partial charge on any atom is 0.646 e. The van der Waals surface area contributed by atoms with Crippen LogP contribution >= 0.6 is 0 Å². The molecule has 0 aromatic heterocycles. The first-order chi connectivity index (χ1) is 14.2. The number of aliphatic hydroxyl groups excluding tert-OH is 3. The Kier molecular flexibility index (Phi) is 5.89. The van der Waals surface area contributed by atoms with E-state index in [4.69, 9.17) is 15.3 Å². The molecular formula is C15H18BF9O6. The third-order valence-electron chi connectivity index (χ3n) is 5.86. The fourth-order valence-corrected chi connectivity index (χ4v) is 3.52. The third-order valence-corrected chi connectivity index (χ3v) is 5.86. The van der Waals surface area contributed by atoms with Crippen LogP contribution in [0.15, 0.2) is 0 Å². The van der Waals surface area contributed by atoms with Crippen molar-refractivity contribution < 1.29 is 68.8 Å². The molecular weight excluding hydrogens is 458 g/mol. The van der Waals surface area contributed by atoms with Crippen molar-refractivity contribution in [1.82, 2.24) is 0 Å². The Morgan fingerprint density at radius 3 is 0.968 bits per heavy atom. The average molecular weight is 476 g/mol. The van der Waals surface area contributed by atoms with Crippen molar-refractivity contribution in [1.29, 1.82) is 0 Å². The van der Waals surface area contributed by atoms with Crippen molar-refractivity contribution in [3.63, 3.8) is 0 Å². The summed E-state index contributed by atoms with van der Waals surface area (Å²) in [5, 5.41) is 26.1. The molecule has 3 rings (SSSR count). The lowest BCUT2D eigenvalue weighted by Crippen LogP contribution is -2.44. The summed E-state index contributed by atoms with van der Waals surface area (Å²) in [6.45, 7) is -3.36. The van der Waals surface area contributed by atoms with Crippen LogP contribution in [0.3, 0.4) is 0 Å². The quantitative estimate of drug-likeness (QED) is 0.291. The van der Waals surface area contributed by atoms with Crippen LogP contribution in [0.2, 0.25) is 0 Å². The summed E-state index contributed by atoms with van der Waals surface area (Å²) in [6.07, 6.45) is -13.3. The SMILES string of the molecule is OCC[C@]1(F)C(F)[C@@]1(F)OB(O[C@]1(F)C(F)[C@@]1(F)CCO)O[C@]1(F)C(F)[C@@]1(F)CCO. The van der Waals surface area contributed by atoms with Gasteiger partial charge in [-0.1, -0.05) is 0 Å². The van der Waals surface area contributed by atoms with Gasteiger partial charge in [-0.25, -0.2) is 39.5 Å². The van der Waals surface area contributed by atoms with Crippen LogP contribution in [0.25, 0.3) is 0 Å². The molecule has 3 unspecified atom stereocenters. The minimum absolute atomic E-state index is 1.12. The monoisotopic (exact) mass is 476 g/mol. The Morgan fingerprint density at radius 1 is 0.548 bits per heavy atom. The Bertz CT molecular complexity index is 626. The molecule has 3 aliphatic carbocycles. The molecule has 3 fully saturated rings. The highest BCUT2D eigenvalue weighted by molar-refractivity contribution is 6.37. The van der Waals surface area contributed by atoms with E-state index in [-0.39, 0.29) is 0 Å². The van der Waals surface area contributed by atoms with E-state index in [9.17, 15) is 39.5 Å². The minimum Gasteiger partial charge on any atom is -0.396 e. The van der Waals surface area contributed by atoms with Gasteiger partial charge in [0.2, 0.25) is 35.5 Å². The molecule has 0 spiro atoms. The number of rotatable bonds is 12. The van der Waals surface area contributed by atoms with Gasteiger partial charge in [0.1, 0.15) is 0 Å². The molecule has 0 heterocycles. The number of aliphatic hydroxyl groups is 3. The van der Waals surface area contributed by atoms with Crippen LogP contribution in [0, 0.1) is 0 Å². The number of hydrogen-bond acceptors (Lipinski definition) is 6. The van der Waals surface area contributed by atoms with Crippen molar-refractivity contribution >= 4 is 7.32 Å².